The fourth-order valence-electron chi connectivity index (χ4n) is 1.50. The van der Waals surface area contributed by atoms with E-state index >= 15 is 0 Å². The van der Waals surface area contributed by atoms with E-state index in [1.54, 1.807) is 13.1 Å². The van der Waals surface area contributed by atoms with Crippen molar-refractivity contribution < 1.29 is 9.90 Å². The third-order valence-electron chi connectivity index (χ3n) is 2.39. The van der Waals surface area contributed by atoms with Gasteiger partial charge in [0.15, 0.2) is 0 Å². The van der Waals surface area contributed by atoms with Crippen LogP contribution in [0.1, 0.15) is 15.9 Å². The topological polar surface area (TPSA) is 66.6 Å². The molecule has 0 bridgehead atoms. The van der Waals surface area contributed by atoms with Gasteiger partial charge in [-0.2, -0.15) is 0 Å². The number of hydrogen-bond acceptors (Lipinski definition) is 3. The number of likely N-dealkylation sites (N-methyl/N-ethyl adjacent to an activating group) is 1. The van der Waals surface area contributed by atoms with Crippen molar-refractivity contribution in [2.24, 2.45) is 5.73 Å². The molecular formula is C12H18N2O2. The smallest absolute Gasteiger partial charge is 0.253 e. The van der Waals surface area contributed by atoms with Crippen LogP contribution < -0.4 is 5.73 Å². The molecule has 0 saturated carbocycles. The normalized spacial score (nSPS) is 10.2. The van der Waals surface area contributed by atoms with Gasteiger partial charge in [-0.1, -0.05) is 12.1 Å². The van der Waals surface area contributed by atoms with Crippen molar-refractivity contribution in [1.82, 2.24) is 4.90 Å². The third kappa shape index (κ3) is 3.32. The number of amides is 1. The molecule has 0 aliphatic rings. The van der Waals surface area contributed by atoms with E-state index in [0.717, 1.165) is 12.0 Å². The molecule has 0 fully saturated rings. The number of rotatable bonds is 5. The van der Waals surface area contributed by atoms with Crippen molar-refractivity contribution in [2.75, 3.05) is 26.7 Å². The highest BCUT2D eigenvalue weighted by Crippen LogP contribution is 2.08. The van der Waals surface area contributed by atoms with Crippen LogP contribution in [0, 0.1) is 0 Å². The molecule has 0 spiro atoms. The predicted octanol–water partition coefficient (Wildman–Crippen LogP) is 0.252. The van der Waals surface area contributed by atoms with E-state index in [1.807, 2.05) is 18.2 Å². The molecule has 3 N–H and O–H groups in total. The lowest BCUT2D eigenvalue weighted by Crippen LogP contribution is -2.29. The SMILES string of the molecule is CN(CCO)C(=O)c1cccc(CCN)c1. The Morgan fingerprint density at radius 3 is 2.88 bits per heavy atom. The van der Waals surface area contributed by atoms with Crippen molar-refractivity contribution in [2.45, 2.75) is 6.42 Å². The number of hydrogen-bond donors (Lipinski definition) is 2. The second kappa shape index (κ2) is 6.25. The first-order valence-electron chi connectivity index (χ1n) is 5.34. The number of carbonyl (C=O) groups is 1. The van der Waals surface area contributed by atoms with Gasteiger partial charge in [-0.05, 0) is 30.7 Å². The summed E-state index contributed by atoms with van der Waals surface area (Å²) in [5.41, 5.74) is 7.17. The molecule has 1 amide bonds. The Morgan fingerprint density at radius 1 is 1.50 bits per heavy atom. The summed E-state index contributed by atoms with van der Waals surface area (Å²) in [6.45, 7) is 0.898. The quantitative estimate of drug-likeness (QED) is 0.750. The van der Waals surface area contributed by atoms with E-state index in [1.165, 1.54) is 4.90 Å². The van der Waals surface area contributed by atoms with E-state index in [2.05, 4.69) is 0 Å². The number of nitrogens with zero attached hydrogens (tertiary/aromatic N) is 1. The van der Waals surface area contributed by atoms with Gasteiger partial charge < -0.3 is 15.7 Å². The van der Waals surface area contributed by atoms with Crippen LogP contribution in [0.5, 0.6) is 0 Å². The van der Waals surface area contributed by atoms with Gasteiger partial charge in [0.05, 0.1) is 6.61 Å². The molecular weight excluding hydrogens is 204 g/mol. The highest BCUT2D eigenvalue weighted by molar-refractivity contribution is 5.94. The molecule has 0 unspecified atom stereocenters. The lowest BCUT2D eigenvalue weighted by atomic mass is 10.1. The molecule has 0 atom stereocenters. The average Bonchev–Trinajstić information content (AvgIpc) is 2.29. The highest BCUT2D eigenvalue weighted by Gasteiger charge is 2.10. The molecule has 16 heavy (non-hydrogen) atoms. The van der Waals surface area contributed by atoms with E-state index < -0.39 is 0 Å². The van der Waals surface area contributed by atoms with Gasteiger partial charge >= 0.3 is 0 Å². The van der Waals surface area contributed by atoms with E-state index in [-0.39, 0.29) is 12.5 Å². The first kappa shape index (κ1) is 12.7. The van der Waals surface area contributed by atoms with Crippen LogP contribution in [-0.2, 0) is 6.42 Å². The third-order valence-corrected chi connectivity index (χ3v) is 2.39. The second-order valence-electron chi connectivity index (χ2n) is 3.69. The molecule has 0 aliphatic carbocycles. The van der Waals surface area contributed by atoms with Crippen LogP contribution in [0.2, 0.25) is 0 Å². The summed E-state index contributed by atoms with van der Waals surface area (Å²) in [6, 6.07) is 7.43. The van der Waals surface area contributed by atoms with Crippen molar-refractivity contribution in [3.8, 4) is 0 Å². The molecule has 4 nitrogen and oxygen atoms in total. The molecule has 0 aromatic heterocycles. The predicted molar refractivity (Wildman–Crippen MR) is 63.2 cm³/mol. The molecule has 0 radical (unpaired) electrons. The maximum atomic E-state index is 11.9. The van der Waals surface area contributed by atoms with Crippen molar-refractivity contribution in [3.05, 3.63) is 35.4 Å². The van der Waals surface area contributed by atoms with Crippen LogP contribution in [0.3, 0.4) is 0 Å². The maximum Gasteiger partial charge on any atom is 0.253 e. The fourth-order valence-corrected chi connectivity index (χ4v) is 1.50. The van der Waals surface area contributed by atoms with E-state index in [4.69, 9.17) is 10.8 Å². The second-order valence-corrected chi connectivity index (χ2v) is 3.69. The summed E-state index contributed by atoms with van der Waals surface area (Å²) < 4.78 is 0. The number of aliphatic hydroxyl groups is 1. The zero-order chi connectivity index (χ0) is 12.0. The molecule has 1 rings (SSSR count). The molecule has 0 saturated heterocycles. The largest absolute Gasteiger partial charge is 0.395 e. The minimum atomic E-state index is -0.0760. The molecule has 88 valence electrons. The summed E-state index contributed by atoms with van der Waals surface area (Å²) >= 11 is 0. The number of aliphatic hydroxyl groups excluding tert-OH is 1. The standard InChI is InChI=1S/C12H18N2O2/c1-14(7-8-15)12(16)11-4-2-3-10(9-11)5-6-13/h2-4,9,15H,5-8,13H2,1H3. The Morgan fingerprint density at radius 2 is 2.25 bits per heavy atom. The number of nitrogens with two attached hydrogens (primary N) is 1. The molecule has 4 heteroatoms. The Hall–Kier alpha value is -1.39. The maximum absolute atomic E-state index is 11.9. The fraction of sp³-hybridized carbons (Fsp3) is 0.417. The Balaban J connectivity index is 2.78. The minimum Gasteiger partial charge on any atom is -0.395 e. The Bertz CT molecular complexity index is 353. The summed E-state index contributed by atoms with van der Waals surface area (Å²) in [4.78, 5) is 13.4. The lowest BCUT2D eigenvalue weighted by Gasteiger charge is -2.16. The first-order chi connectivity index (χ1) is 7.69. The first-order valence-corrected chi connectivity index (χ1v) is 5.34. The lowest BCUT2D eigenvalue weighted by molar-refractivity contribution is 0.0767. The van der Waals surface area contributed by atoms with Gasteiger partial charge in [-0.3, -0.25) is 4.79 Å². The van der Waals surface area contributed by atoms with Crippen LogP contribution in [-0.4, -0.2) is 42.7 Å². The van der Waals surface area contributed by atoms with Gasteiger partial charge in [-0.15, -0.1) is 0 Å². The summed E-state index contributed by atoms with van der Waals surface area (Å²) in [7, 11) is 1.67. The van der Waals surface area contributed by atoms with Gasteiger partial charge in [0.25, 0.3) is 5.91 Å². The van der Waals surface area contributed by atoms with E-state index in [0.29, 0.717) is 18.7 Å². The van der Waals surface area contributed by atoms with Gasteiger partial charge in [0.1, 0.15) is 0 Å². The van der Waals surface area contributed by atoms with Crippen LogP contribution >= 0.6 is 0 Å². The number of benzene rings is 1. The number of carbonyl (C=O) groups excluding carboxylic acids is 1. The zero-order valence-corrected chi connectivity index (χ0v) is 9.52. The monoisotopic (exact) mass is 222 g/mol. The van der Waals surface area contributed by atoms with Crippen LogP contribution in [0.4, 0.5) is 0 Å². The molecule has 1 aromatic rings. The van der Waals surface area contributed by atoms with E-state index in [9.17, 15) is 4.79 Å². The molecule has 0 aliphatic heterocycles. The average molecular weight is 222 g/mol. The molecule has 0 heterocycles. The molecule has 1 aromatic carbocycles. The van der Waals surface area contributed by atoms with Gasteiger partial charge in [-0.25, -0.2) is 0 Å². The van der Waals surface area contributed by atoms with Crippen molar-refractivity contribution in [1.29, 1.82) is 0 Å². The van der Waals surface area contributed by atoms with Gasteiger partial charge in [0, 0.05) is 19.2 Å². The summed E-state index contributed by atoms with van der Waals surface area (Å²) in [5.74, 6) is -0.0760. The Labute approximate surface area is 95.7 Å². The van der Waals surface area contributed by atoms with Gasteiger partial charge in [0.2, 0.25) is 0 Å². The minimum absolute atomic E-state index is 0.0231. The summed E-state index contributed by atoms with van der Waals surface area (Å²) in [6.07, 6.45) is 0.769. The van der Waals surface area contributed by atoms with Crippen molar-refractivity contribution >= 4 is 5.91 Å². The van der Waals surface area contributed by atoms with Crippen LogP contribution in [0.15, 0.2) is 24.3 Å². The zero-order valence-electron chi connectivity index (χ0n) is 9.52. The van der Waals surface area contributed by atoms with Crippen molar-refractivity contribution in [3.63, 3.8) is 0 Å². The highest BCUT2D eigenvalue weighted by atomic mass is 16.3. The van der Waals surface area contributed by atoms with Crippen LogP contribution in [0.25, 0.3) is 0 Å². The Kier molecular flexibility index (Phi) is 4.95. The summed E-state index contributed by atoms with van der Waals surface area (Å²) in [5, 5.41) is 8.76.